The molecule has 2 aromatic carbocycles. The van der Waals surface area contributed by atoms with E-state index in [1.54, 1.807) is 18.2 Å². The first-order valence-corrected chi connectivity index (χ1v) is 9.87. The Hall–Kier alpha value is -2.43. The van der Waals surface area contributed by atoms with Gasteiger partial charge in [0.05, 0.1) is 6.54 Å². The van der Waals surface area contributed by atoms with E-state index in [1.807, 2.05) is 6.07 Å². The minimum atomic E-state index is -0.211. The second-order valence-electron chi connectivity index (χ2n) is 6.75. The number of aryl methyl sites for hydroxylation is 1. The highest BCUT2D eigenvalue weighted by molar-refractivity contribution is 6.35. The molecule has 0 spiro atoms. The second-order valence-corrected chi connectivity index (χ2v) is 7.60. The molecule has 6 heteroatoms. The molecule has 0 aliphatic carbocycles. The smallest absolute Gasteiger partial charge is 0.227 e. The van der Waals surface area contributed by atoms with Gasteiger partial charge in [-0.2, -0.15) is 0 Å². The highest BCUT2D eigenvalue weighted by atomic mass is 35.5. The van der Waals surface area contributed by atoms with Crippen molar-refractivity contribution in [3.05, 3.63) is 91.9 Å². The molecule has 0 amide bonds. The predicted molar refractivity (Wildman–Crippen MR) is 112 cm³/mol. The summed E-state index contributed by atoms with van der Waals surface area (Å²) >= 11 is 12.0. The number of hydrogen-bond donors (Lipinski definition) is 0. The van der Waals surface area contributed by atoms with E-state index < -0.39 is 0 Å². The van der Waals surface area contributed by atoms with Crippen LogP contribution < -0.4 is 15.1 Å². The Morgan fingerprint density at radius 2 is 1.96 bits per heavy atom. The van der Waals surface area contributed by atoms with Crippen LogP contribution in [-0.4, -0.2) is 6.54 Å². The summed E-state index contributed by atoms with van der Waals surface area (Å²) in [5.41, 5.74) is 3.07. The molecule has 0 saturated carbocycles. The highest BCUT2D eigenvalue weighted by Crippen LogP contribution is 2.28. The topological polar surface area (TPSA) is 42.7 Å². The average Bonchev–Trinajstić information content (AvgIpc) is 2.69. The highest BCUT2D eigenvalue weighted by Gasteiger charge is 2.18. The van der Waals surface area contributed by atoms with E-state index in [1.165, 1.54) is 23.6 Å². The Morgan fingerprint density at radius 3 is 2.79 bits per heavy atom. The lowest BCUT2D eigenvalue weighted by atomic mass is 10.0. The summed E-state index contributed by atoms with van der Waals surface area (Å²) in [6.07, 6.45) is 3.54. The van der Waals surface area contributed by atoms with Gasteiger partial charge in [-0.05, 0) is 36.6 Å². The van der Waals surface area contributed by atoms with Gasteiger partial charge >= 0.3 is 0 Å². The normalized spacial score (nSPS) is 13.3. The molecule has 0 bridgehead atoms. The van der Waals surface area contributed by atoms with Crippen molar-refractivity contribution in [1.29, 1.82) is 0 Å². The van der Waals surface area contributed by atoms with Crippen LogP contribution in [0.5, 0.6) is 5.75 Å². The molecule has 0 unspecified atom stereocenters. The first-order chi connectivity index (χ1) is 13.6. The number of anilines is 1. The van der Waals surface area contributed by atoms with Crippen LogP contribution in [0.3, 0.4) is 0 Å². The molecule has 1 aromatic heterocycles. The van der Waals surface area contributed by atoms with Crippen molar-refractivity contribution in [1.82, 2.24) is 0 Å². The fraction of sp³-hybridized carbons (Fsp3) is 0.227. The Kier molecular flexibility index (Phi) is 5.60. The summed E-state index contributed by atoms with van der Waals surface area (Å²) in [7, 11) is 0. The lowest BCUT2D eigenvalue weighted by molar-refractivity contribution is 0.289. The van der Waals surface area contributed by atoms with Crippen molar-refractivity contribution >= 4 is 28.9 Å². The molecule has 144 valence electrons. The molecule has 0 fully saturated rings. The van der Waals surface area contributed by atoms with E-state index >= 15 is 0 Å². The van der Waals surface area contributed by atoms with Gasteiger partial charge in [-0.15, -0.1) is 0 Å². The number of hydrogen-bond acceptors (Lipinski definition) is 4. The number of halogens is 2. The number of rotatable bonds is 5. The molecule has 3 aromatic rings. The van der Waals surface area contributed by atoms with Crippen LogP contribution in [0.15, 0.2) is 64.0 Å². The quantitative estimate of drug-likeness (QED) is 0.553. The van der Waals surface area contributed by atoms with Gasteiger partial charge < -0.3 is 14.1 Å². The van der Waals surface area contributed by atoms with E-state index in [9.17, 15) is 4.79 Å². The fourth-order valence-corrected chi connectivity index (χ4v) is 3.85. The molecule has 0 atom stereocenters. The maximum absolute atomic E-state index is 12.4. The third-order valence-electron chi connectivity index (χ3n) is 4.80. The molecule has 0 N–H and O–H groups in total. The number of nitrogens with zero attached hydrogens (tertiary/aromatic N) is 1. The van der Waals surface area contributed by atoms with Gasteiger partial charge in [0.2, 0.25) is 11.2 Å². The maximum Gasteiger partial charge on any atom is 0.227 e. The molecule has 2 heterocycles. The van der Waals surface area contributed by atoms with Crippen molar-refractivity contribution in [3.8, 4) is 5.75 Å². The minimum absolute atomic E-state index is 0.161. The molecule has 4 nitrogen and oxygen atoms in total. The molecule has 4 rings (SSSR count). The number of fused-ring (bicyclic) bond motifs is 1. The molecular formula is C22H19Cl2NO3. The second kappa shape index (κ2) is 8.29. The van der Waals surface area contributed by atoms with Gasteiger partial charge in [-0.1, -0.05) is 47.5 Å². The number of ether oxygens (including phenoxy) is 1. The Morgan fingerprint density at radius 1 is 1.11 bits per heavy atom. The standard InChI is InChI=1S/C22H19Cl2NO3/c23-17-8-7-16(19(24)10-17)13-28-22-14-27-18(11-21(22)26)12-25-9-3-5-15-4-1-2-6-20(15)25/h1-2,4,6-8,10-11,14H,3,5,9,12-13H2. The molecule has 1 aliphatic heterocycles. The monoisotopic (exact) mass is 415 g/mol. The van der Waals surface area contributed by atoms with E-state index in [0.717, 1.165) is 24.9 Å². The fourth-order valence-electron chi connectivity index (χ4n) is 3.38. The Bertz CT molecular complexity index is 1050. The van der Waals surface area contributed by atoms with Crippen LogP contribution in [0.4, 0.5) is 5.69 Å². The molecule has 1 aliphatic rings. The summed E-state index contributed by atoms with van der Waals surface area (Å²) < 4.78 is 11.3. The number of para-hydroxylation sites is 1. The van der Waals surface area contributed by atoms with Crippen LogP contribution in [0, 0.1) is 0 Å². The van der Waals surface area contributed by atoms with E-state index in [0.29, 0.717) is 22.4 Å². The molecule has 28 heavy (non-hydrogen) atoms. The van der Waals surface area contributed by atoms with E-state index in [2.05, 4.69) is 23.1 Å². The van der Waals surface area contributed by atoms with Crippen LogP contribution in [-0.2, 0) is 19.6 Å². The molecule has 0 saturated heterocycles. The molecule has 0 radical (unpaired) electrons. The van der Waals surface area contributed by atoms with Crippen LogP contribution in [0.25, 0.3) is 0 Å². The van der Waals surface area contributed by atoms with Crippen molar-refractivity contribution in [3.63, 3.8) is 0 Å². The van der Waals surface area contributed by atoms with Crippen molar-refractivity contribution < 1.29 is 9.15 Å². The summed E-state index contributed by atoms with van der Waals surface area (Å²) in [4.78, 5) is 14.7. The zero-order valence-electron chi connectivity index (χ0n) is 15.2. The van der Waals surface area contributed by atoms with Crippen molar-refractivity contribution in [2.24, 2.45) is 0 Å². The first-order valence-electron chi connectivity index (χ1n) is 9.11. The van der Waals surface area contributed by atoms with Crippen molar-refractivity contribution in [2.45, 2.75) is 26.0 Å². The van der Waals surface area contributed by atoms with Crippen molar-refractivity contribution in [2.75, 3.05) is 11.4 Å². The van der Waals surface area contributed by atoms with Gasteiger partial charge in [0.25, 0.3) is 0 Å². The first kappa shape index (κ1) is 18.9. The third kappa shape index (κ3) is 4.18. The van der Waals surface area contributed by atoms with Gasteiger partial charge in [0.1, 0.15) is 18.6 Å². The SMILES string of the molecule is O=c1cc(CN2CCCc3ccccc32)occ1OCc1ccc(Cl)cc1Cl. The zero-order valence-corrected chi connectivity index (χ0v) is 16.7. The zero-order chi connectivity index (χ0) is 19.5. The van der Waals surface area contributed by atoms with E-state index in [4.69, 9.17) is 32.4 Å². The third-order valence-corrected chi connectivity index (χ3v) is 5.39. The Labute approximate surface area is 173 Å². The summed E-state index contributed by atoms with van der Waals surface area (Å²) in [6, 6.07) is 15.0. The van der Waals surface area contributed by atoms with Gasteiger partial charge in [-0.3, -0.25) is 4.79 Å². The maximum atomic E-state index is 12.4. The lowest BCUT2D eigenvalue weighted by Gasteiger charge is -2.30. The van der Waals surface area contributed by atoms with Gasteiger partial charge in [0.15, 0.2) is 0 Å². The molecular weight excluding hydrogens is 397 g/mol. The van der Waals surface area contributed by atoms with Crippen LogP contribution in [0.1, 0.15) is 23.3 Å². The summed E-state index contributed by atoms with van der Waals surface area (Å²) in [5.74, 6) is 0.771. The summed E-state index contributed by atoms with van der Waals surface area (Å²) in [6.45, 7) is 1.66. The predicted octanol–water partition coefficient (Wildman–Crippen LogP) is 5.48. The minimum Gasteiger partial charge on any atom is -0.482 e. The summed E-state index contributed by atoms with van der Waals surface area (Å²) in [5, 5.41) is 1.05. The van der Waals surface area contributed by atoms with Crippen LogP contribution in [0.2, 0.25) is 10.0 Å². The lowest BCUT2D eigenvalue weighted by Crippen LogP contribution is -2.29. The van der Waals surface area contributed by atoms with Crippen LogP contribution >= 0.6 is 23.2 Å². The Balaban J connectivity index is 1.46. The van der Waals surface area contributed by atoms with Gasteiger partial charge in [-0.25, -0.2) is 0 Å². The van der Waals surface area contributed by atoms with Gasteiger partial charge in [0, 0.05) is 33.9 Å². The van der Waals surface area contributed by atoms with E-state index in [-0.39, 0.29) is 17.8 Å². The largest absolute Gasteiger partial charge is 0.482 e. The number of benzene rings is 2. The average molecular weight is 416 g/mol.